The minimum atomic E-state index is -1.24. The zero-order chi connectivity index (χ0) is 28.5. The summed E-state index contributed by atoms with van der Waals surface area (Å²) in [6.07, 6.45) is 1.31. The van der Waals surface area contributed by atoms with E-state index in [-0.39, 0.29) is 18.7 Å². The van der Waals surface area contributed by atoms with Crippen LogP contribution >= 0.6 is 0 Å². The number of halogens is 1. The molecule has 2 fully saturated rings. The van der Waals surface area contributed by atoms with Crippen molar-refractivity contribution in [3.8, 4) is 5.88 Å². The molecule has 1 aliphatic heterocycles. The number of amides is 1. The highest BCUT2D eigenvalue weighted by Gasteiger charge is 2.40. The summed E-state index contributed by atoms with van der Waals surface area (Å²) >= 11 is 0. The maximum atomic E-state index is 13.3. The fraction of sp³-hybridized carbons (Fsp3) is 0.567. The van der Waals surface area contributed by atoms with Crippen LogP contribution in [0, 0.1) is 11.8 Å². The number of aromatic nitrogens is 1. The van der Waals surface area contributed by atoms with Crippen LogP contribution in [-0.2, 0) is 20.9 Å². The van der Waals surface area contributed by atoms with Gasteiger partial charge in [0.1, 0.15) is 16.9 Å². The highest BCUT2D eigenvalue weighted by atomic mass is 19.1. The highest BCUT2D eigenvalue weighted by Crippen LogP contribution is 2.40. The lowest BCUT2D eigenvalue weighted by Gasteiger charge is -2.38. The van der Waals surface area contributed by atoms with Gasteiger partial charge < -0.3 is 29.5 Å². The van der Waals surface area contributed by atoms with Crippen LogP contribution in [-0.4, -0.2) is 73.2 Å². The lowest BCUT2D eigenvalue weighted by molar-refractivity contribution is -0.152. The van der Waals surface area contributed by atoms with Gasteiger partial charge in [-0.2, -0.15) is 0 Å². The van der Waals surface area contributed by atoms with Crippen molar-refractivity contribution in [2.24, 2.45) is 11.8 Å². The van der Waals surface area contributed by atoms with Gasteiger partial charge in [0.05, 0.1) is 39.2 Å². The summed E-state index contributed by atoms with van der Waals surface area (Å²) in [4.78, 5) is 32.5. The van der Waals surface area contributed by atoms with Crippen molar-refractivity contribution >= 4 is 17.6 Å². The first-order chi connectivity index (χ1) is 19.4. The average Bonchev–Trinajstić information content (AvgIpc) is 3.71. The highest BCUT2D eigenvalue weighted by molar-refractivity contribution is 5.97. The molecule has 10 heteroatoms. The van der Waals surface area contributed by atoms with E-state index in [1.54, 1.807) is 26.0 Å². The maximum Gasteiger partial charge on any atom is 0.331 e. The Morgan fingerprint density at radius 2 is 1.82 bits per heavy atom. The molecule has 1 saturated carbocycles. The Labute approximate surface area is 235 Å². The minimum absolute atomic E-state index is 0.0426. The molecule has 0 bridgehead atoms. The second-order valence-electron chi connectivity index (χ2n) is 10.6. The van der Waals surface area contributed by atoms with Crippen molar-refractivity contribution in [3.63, 3.8) is 0 Å². The normalized spacial score (nSPS) is 18.6. The van der Waals surface area contributed by atoms with Gasteiger partial charge in [0, 0.05) is 19.5 Å². The molecule has 218 valence electrons. The number of benzene rings is 1. The summed E-state index contributed by atoms with van der Waals surface area (Å²) in [7, 11) is 0. The number of rotatable bonds is 16. The number of carbonyl (C=O) groups is 2. The van der Waals surface area contributed by atoms with Gasteiger partial charge in [-0.15, -0.1) is 0 Å². The Kier molecular flexibility index (Phi) is 10.3. The fourth-order valence-corrected chi connectivity index (χ4v) is 4.77. The van der Waals surface area contributed by atoms with Gasteiger partial charge in [-0.25, -0.2) is 9.78 Å². The molecule has 4 rings (SSSR count). The topological polar surface area (TPSA) is 110 Å². The van der Waals surface area contributed by atoms with Crippen LogP contribution < -0.4 is 15.0 Å². The number of ether oxygens (including phenoxy) is 3. The molecule has 40 heavy (non-hydrogen) atoms. The number of aliphatic hydroxyl groups is 1. The second-order valence-corrected chi connectivity index (χ2v) is 10.6. The molecule has 9 nitrogen and oxygen atoms in total. The van der Waals surface area contributed by atoms with Crippen LogP contribution in [0.15, 0.2) is 42.5 Å². The van der Waals surface area contributed by atoms with E-state index in [2.05, 4.69) is 10.3 Å². The molecule has 2 aromatic rings. The number of nitrogens with zero attached hydrogens (tertiary/aromatic N) is 2. The number of carbonyl (C=O) groups excluding carboxylic acids is 2. The Morgan fingerprint density at radius 1 is 1.10 bits per heavy atom. The van der Waals surface area contributed by atoms with Gasteiger partial charge in [0.2, 0.25) is 5.88 Å². The first-order valence-corrected chi connectivity index (χ1v) is 14.1. The van der Waals surface area contributed by atoms with Gasteiger partial charge in [-0.3, -0.25) is 9.18 Å². The lowest BCUT2D eigenvalue weighted by Crippen LogP contribution is -2.54. The van der Waals surface area contributed by atoms with Crippen molar-refractivity contribution in [1.29, 1.82) is 0 Å². The number of anilines is 1. The molecule has 1 aromatic heterocycles. The number of pyridine rings is 1. The smallest absolute Gasteiger partial charge is 0.331 e. The molecule has 1 amide bonds. The third-order valence-corrected chi connectivity index (χ3v) is 7.68. The zero-order valence-electron chi connectivity index (χ0n) is 23.3. The predicted octanol–water partition coefficient (Wildman–Crippen LogP) is 3.69. The van der Waals surface area contributed by atoms with Gasteiger partial charge >= 0.3 is 5.97 Å². The summed E-state index contributed by atoms with van der Waals surface area (Å²) in [6, 6.07) is 13.4. The maximum absolute atomic E-state index is 13.3. The molecule has 2 N–H and O–H groups in total. The molecule has 0 radical (unpaired) electrons. The van der Waals surface area contributed by atoms with E-state index in [0.717, 1.165) is 12.0 Å². The second kappa shape index (κ2) is 13.9. The molecular weight excluding hydrogens is 517 g/mol. The van der Waals surface area contributed by atoms with E-state index < -0.39 is 30.2 Å². The molecule has 2 aliphatic rings. The monoisotopic (exact) mass is 557 g/mol. The Balaban J connectivity index is 1.38. The molecule has 1 aromatic carbocycles. The number of alkyl halides is 1. The number of nitrogens with one attached hydrogen (secondary N) is 1. The van der Waals surface area contributed by atoms with Crippen LogP contribution in [0.4, 0.5) is 10.1 Å². The van der Waals surface area contributed by atoms with Crippen molar-refractivity contribution in [2.75, 3.05) is 44.5 Å². The third kappa shape index (κ3) is 7.48. The van der Waals surface area contributed by atoms with Crippen LogP contribution in [0.5, 0.6) is 5.88 Å². The largest absolute Gasteiger partial charge is 0.476 e. The SMILES string of the molecule is CCC(CC)(NC(=O)c1ccc(N2CC(O)C2)c(OCC2CC2COCc2ccccc2)n1)C(=O)OCCCF. The van der Waals surface area contributed by atoms with Crippen molar-refractivity contribution in [3.05, 3.63) is 53.7 Å². The number of hydrogen-bond acceptors (Lipinski definition) is 8. The Bertz CT molecular complexity index is 1120. The number of hydrogen-bond donors (Lipinski definition) is 2. The van der Waals surface area contributed by atoms with E-state index >= 15 is 0 Å². The van der Waals surface area contributed by atoms with E-state index in [4.69, 9.17) is 14.2 Å². The van der Waals surface area contributed by atoms with Crippen LogP contribution in [0.25, 0.3) is 0 Å². The lowest BCUT2D eigenvalue weighted by atomic mass is 9.92. The molecule has 1 saturated heterocycles. The first kappa shape index (κ1) is 29.7. The van der Waals surface area contributed by atoms with Crippen molar-refractivity contribution in [1.82, 2.24) is 10.3 Å². The zero-order valence-corrected chi connectivity index (χ0v) is 23.3. The van der Waals surface area contributed by atoms with E-state index in [1.807, 2.05) is 35.2 Å². The molecule has 1 aliphatic carbocycles. The van der Waals surface area contributed by atoms with E-state index in [0.29, 0.717) is 69.2 Å². The standard InChI is InChI=1S/C30H40FN3O6/c1-3-30(4-2,29(37)39-14-8-13-31)33-27(36)25-11-12-26(34-16-24(35)17-34)28(32-25)40-20-23-15-22(23)19-38-18-21-9-6-5-7-10-21/h5-7,9-12,22-24,35H,3-4,8,13-20H2,1-2H3,(H,33,36). The molecule has 0 spiro atoms. The predicted molar refractivity (Wildman–Crippen MR) is 148 cm³/mol. The summed E-state index contributed by atoms with van der Waals surface area (Å²) in [5, 5.41) is 12.6. The number of aliphatic hydroxyl groups excluding tert-OH is 1. The summed E-state index contributed by atoms with van der Waals surface area (Å²) < 4.78 is 29.7. The van der Waals surface area contributed by atoms with Gasteiger partial charge in [-0.1, -0.05) is 44.2 Å². The summed E-state index contributed by atoms with van der Waals surface area (Å²) in [5.74, 6) is -0.0556. The molecule has 2 atom stereocenters. The van der Waals surface area contributed by atoms with Gasteiger partial charge in [-0.05, 0) is 48.8 Å². The van der Waals surface area contributed by atoms with Gasteiger partial charge in [0.25, 0.3) is 5.91 Å². The first-order valence-electron chi connectivity index (χ1n) is 14.1. The average molecular weight is 558 g/mol. The summed E-state index contributed by atoms with van der Waals surface area (Å²) in [5.41, 5.74) is 0.723. The van der Waals surface area contributed by atoms with Gasteiger partial charge in [0.15, 0.2) is 0 Å². The molecule has 2 unspecified atom stereocenters. The molecular formula is C30H40FN3O6. The number of esters is 1. The van der Waals surface area contributed by atoms with Crippen LogP contribution in [0.3, 0.4) is 0 Å². The third-order valence-electron chi connectivity index (χ3n) is 7.68. The van der Waals surface area contributed by atoms with Crippen LogP contribution in [0.1, 0.15) is 55.6 Å². The fourth-order valence-electron chi connectivity index (χ4n) is 4.77. The van der Waals surface area contributed by atoms with E-state index in [1.165, 1.54) is 0 Å². The summed E-state index contributed by atoms with van der Waals surface area (Å²) in [6.45, 7) is 5.54. The molecule has 2 heterocycles. The Hall–Kier alpha value is -3.24. The van der Waals surface area contributed by atoms with Crippen LogP contribution in [0.2, 0.25) is 0 Å². The van der Waals surface area contributed by atoms with Crippen molar-refractivity contribution < 1.29 is 33.3 Å². The number of β-amino-alcohol motifs (C(OH)–C–C–N with tert-alkyl or cyclic N) is 1. The quantitative estimate of drug-likeness (QED) is 0.238. The Morgan fingerprint density at radius 3 is 2.50 bits per heavy atom. The van der Waals surface area contributed by atoms with Crippen molar-refractivity contribution in [2.45, 2.75) is 57.8 Å². The minimum Gasteiger partial charge on any atom is -0.476 e. The van der Waals surface area contributed by atoms with E-state index in [9.17, 15) is 19.1 Å².